The number of carbonyl (C=O) groups is 1. The molecule has 0 bridgehead atoms. The predicted molar refractivity (Wildman–Crippen MR) is 73.3 cm³/mol. The van der Waals surface area contributed by atoms with Gasteiger partial charge in [0.1, 0.15) is 0 Å². The fourth-order valence-corrected chi connectivity index (χ4v) is 1.96. The lowest BCUT2D eigenvalue weighted by atomic mass is 9.98. The average Bonchev–Trinajstić information content (AvgIpc) is 2.30. The van der Waals surface area contributed by atoms with E-state index >= 15 is 0 Å². The normalized spacial score (nSPS) is 21.4. The Balaban J connectivity index is 0.00000256. The minimum atomic E-state index is -0.357. The molecule has 0 aromatic rings. The molecule has 4 nitrogen and oxygen atoms in total. The Labute approximate surface area is 111 Å². The molecule has 0 saturated carbocycles. The van der Waals surface area contributed by atoms with Crippen LogP contribution in [0.5, 0.6) is 0 Å². The van der Waals surface area contributed by atoms with Crippen LogP contribution in [0.3, 0.4) is 0 Å². The van der Waals surface area contributed by atoms with Crippen molar-refractivity contribution >= 4 is 18.3 Å². The van der Waals surface area contributed by atoms with Crippen molar-refractivity contribution < 1.29 is 4.79 Å². The summed E-state index contributed by atoms with van der Waals surface area (Å²) in [6, 6.07) is -0.0385. The van der Waals surface area contributed by atoms with Crippen LogP contribution in [0.1, 0.15) is 33.1 Å². The van der Waals surface area contributed by atoms with Crippen molar-refractivity contribution in [2.45, 2.75) is 45.2 Å². The highest BCUT2D eigenvalue weighted by Crippen LogP contribution is 2.10. The second-order valence-corrected chi connectivity index (χ2v) is 5.00. The summed E-state index contributed by atoms with van der Waals surface area (Å²) in [5, 5.41) is 3.06. The number of rotatable bonds is 4. The second kappa shape index (κ2) is 7.90. The zero-order chi connectivity index (χ0) is 12.1. The molecule has 1 aliphatic heterocycles. The Morgan fingerprint density at radius 2 is 2.00 bits per heavy atom. The topological polar surface area (TPSA) is 58.4 Å². The number of halogens is 1. The van der Waals surface area contributed by atoms with E-state index in [1.807, 2.05) is 6.92 Å². The van der Waals surface area contributed by atoms with Crippen LogP contribution in [0.25, 0.3) is 0 Å². The largest absolute Gasteiger partial charge is 0.352 e. The zero-order valence-corrected chi connectivity index (χ0v) is 11.9. The van der Waals surface area contributed by atoms with Crippen LogP contribution in [-0.2, 0) is 4.79 Å². The minimum Gasteiger partial charge on any atom is -0.352 e. The fraction of sp³-hybridized carbons (Fsp3) is 0.917. The Morgan fingerprint density at radius 1 is 1.47 bits per heavy atom. The summed E-state index contributed by atoms with van der Waals surface area (Å²) in [5.41, 5.74) is 5.89. The number of likely N-dealkylation sites (tertiary alicyclic amines) is 1. The third-order valence-electron chi connectivity index (χ3n) is 3.62. The van der Waals surface area contributed by atoms with Gasteiger partial charge in [-0.25, -0.2) is 0 Å². The fourth-order valence-electron chi connectivity index (χ4n) is 1.96. The molecule has 1 amide bonds. The molecule has 0 aliphatic carbocycles. The lowest BCUT2D eigenvalue weighted by molar-refractivity contribution is -0.124. The van der Waals surface area contributed by atoms with Gasteiger partial charge in [0.05, 0.1) is 6.04 Å². The average molecular weight is 264 g/mol. The number of nitrogens with two attached hydrogens (primary N) is 1. The standard InChI is InChI=1S/C12H25N3O.ClH/c1-4-9(2)11(13)12(16)14-10-5-7-15(3)8-6-10;/h9-11H,4-8,13H2,1-3H3,(H,14,16);1H. The van der Waals surface area contributed by atoms with Gasteiger partial charge in [-0.05, 0) is 38.9 Å². The molecule has 0 radical (unpaired) electrons. The number of hydrogen-bond donors (Lipinski definition) is 2. The lowest BCUT2D eigenvalue weighted by Gasteiger charge is -2.30. The SMILES string of the molecule is CCC(C)C(N)C(=O)NC1CCN(C)CC1.Cl. The molecule has 5 heteroatoms. The van der Waals surface area contributed by atoms with Gasteiger partial charge in [-0.15, -0.1) is 12.4 Å². The molecule has 102 valence electrons. The summed E-state index contributed by atoms with van der Waals surface area (Å²) in [5.74, 6) is 0.273. The number of carbonyl (C=O) groups excluding carboxylic acids is 1. The summed E-state index contributed by atoms with van der Waals surface area (Å²) >= 11 is 0. The van der Waals surface area contributed by atoms with Crippen LogP contribution in [0.15, 0.2) is 0 Å². The molecular weight excluding hydrogens is 238 g/mol. The van der Waals surface area contributed by atoms with Crippen LogP contribution in [-0.4, -0.2) is 43.0 Å². The van der Waals surface area contributed by atoms with Gasteiger partial charge >= 0.3 is 0 Å². The third kappa shape index (κ3) is 5.23. The van der Waals surface area contributed by atoms with E-state index < -0.39 is 0 Å². The molecule has 0 aromatic carbocycles. The van der Waals surface area contributed by atoms with Gasteiger partial charge in [-0.2, -0.15) is 0 Å². The van der Waals surface area contributed by atoms with Crippen molar-refractivity contribution in [2.24, 2.45) is 11.7 Å². The first-order valence-corrected chi connectivity index (χ1v) is 6.29. The molecular formula is C12H26ClN3O. The summed E-state index contributed by atoms with van der Waals surface area (Å²) in [6.07, 6.45) is 3.02. The highest BCUT2D eigenvalue weighted by Gasteiger charge is 2.23. The summed E-state index contributed by atoms with van der Waals surface area (Å²) < 4.78 is 0. The van der Waals surface area contributed by atoms with E-state index in [2.05, 4.69) is 24.2 Å². The molecule has 0 aromatic heterocycles. The summed E-state index contributed by atoms with van der Waals surface area (Å²) in [7, 11) is 2.11. The summed E-state index contributed by atoms with van der Waals surface area (Å²) in [6.45, 7) is 6.21. The van der Waals surface area contributed by atoms with Gasteiger partial charge in [0.15, 0.2) is 0 Å². The van der Waals surface area contributed by atoms with Crippen molar-refractivity contribution in [3.05, 3.63) is 0 Å². The van der Waals surface area contributed by atoms with E-state index in [0.29, 0.717) is 6.04 Å². The van der Waals surface area contributed by atoms with Crippen LogP contribution in [0.4, 0.5) is 0 Å². The number of nitrogens with one attached hydrogen (secondary N) is 1. The van der Waals surface area contributed by atoms with Crippen molar-refractivity contribution in [3.8, 4) is 0 Å². The van der Waals surface area contributed by atoms with Crippen LogP contribution < -0.4 is 11.1 Å². The first-order valence-electron chi connectivity index (χ1n) is 6.29. The van der Waals surface area contributed by atoms with Crippen LogP contribution >= 0.6 is 12.4 Å². The van der Waals surface area contributed by atoms with E-state index in [-0.39, 0.29) is 30.3 Å². The molecule has 1 heterocycles. The summed E-state index contributed by atoms with van der Waals surface area (Å²) in [4.78, 5) is 14.1. The van der Waals surface area contributed by atoms with E-state index in [0.717, 1.165) is 32.4 Å². The first kappa shape index (κ1) is 16.7. The lowest BCUT2D eigenvalue weighted by Crippen LogP contribution is -2.50. The number of piperidine rings is 1. The highest BCUT2D eigenvalue weighted by atomic mass is 35.5. The molecule has 2 atom stereocenters. The minimum absolute atomic E-state index is 0. The highest BCUT2D eigenvalue weighted by molar-refractivity contribution is 5.85. The Morgan fingerprint density at radius 3 is 2.47 bits per heavy atom. The molecule has 1 aliphatic rings. The Hall–Kier alpha value is -0.320. The van der Waals surface area contributed by atoms with Crippen molar-refractivity contribution in [2.75, 3.05) is 20.1 Å². The number of amides is 1. The Kier molecular flexibility index (Phi) is 7.75. The molecule has 1 fully saturated rings. The monoisotopic (exact) mass is 263 g/mol. The maximum atomic E-state index is 11.8. The van der Waals surface area contributed by atoms with E-state index in [1.165, 1.54) is 0 Å². The molecule has 1 saturated heterocycles. The van der Waals surface area contributed by atoms with E-state index in [4.69, 9.17) is 5.73 Å². The van der Waals surface area contributed by atoms with Crippen molar-refractivity contribution in [3.63, 3.8) is 0 Å². The number of nitrogens with zero attached hydrogens (tertiary/aromatic N) is 1. The quantitative estimate of drug-likeness (QED) is 0.795. The third-order valence-corrected chi connectivity index (χ3v) is 3.62. The van der Waals surface area contributed by atoms with Gasteiger partial charge in [0, 0.05) is 6.04 Å². The van der Waals surface area contributed by atoms with Gasteiger partial charge in [0.2, 0.25) is 5.91 Å². The number of hydrogen-bond acceptors (Lipinski definition) is 3. The van der Waals surface area contributed by atoms with Gasteiger partial charge in [0.25, 0.3) is 0 Å². The van der Waals surface area contributed by atoms with E-state index in [1.54, 1.807) is 0 Å². The molecule has 2 unspecified atom stereocenters. The maximum absolute atomic E-state index is 11.8. The van der Waals surface area contributed by atoms with Gasteiger partial charge < -0.3 is 16.0 Å². The molecule has 3 N–H and O–H groups in total. The predicted octanol–water partition coefficient (Wildman–Crippen LogP) is 0.992. The first-order chi connectivity index (χ1) is 7.54. The van der Waals surface area contributed by atoms with Crippen LogP contribution in [0, 0.1) is 5.92 Å². The smallest absolute Gasteiger partial charge is 0.237 e. The van der Waals surface area contributed by atoms with Gasteiger partial charge in [-0.3, -0.25) is 4.79 Å². The molecule has 1 rings (SSSR count). The van der Waals surface area contributed by atoms with Crippen molar-refractivity contribution in [1.82, 2.24) is 10.2 Å². The van der Waals surface area contributed by atoms with Gasteiger partial charge in [-0.1, -0.05) is 20.3 Å². The molecule has 0 spiro atoms. The Bertz CT molecular complexity index is 230. The van der Waals surface area contributed by atoms with Crippen LogP contribution in [0.2, 0.25) is 0 Å². The molecule has 17 heavy (non-hydrogen) atoms. The maximum Gasteiger partial charge on any atom is 0.237 e. The second-order valence-electron chi connectivity index (χ2n) is 5.00. The van der Waals surface area contributed by atoms with Crippen molar-refractivity contribution in [1.29, 1.82) is 0 Å². The zero-order valence-electron chi connectivity index (χ0n) is 11.1. The van der Waals surface area contributed by atoms with E-state index in [9.17, 15) is 4.79 Å².